The Morgan fingerprint density at radius 2 is 1.76 bits per heavy atom. The third-order valence-corrected chi connectivity index (χ3v) is 7.14. The Kier molecular flexibility index (Phi) is 7.07. The molecule has 4 aromatic rings. The first-order valence-corrected chi connectivity index (χ1v) is 12.4. The molecule has 3 aromatic heterocycles. The van der Waals surface area contributed by atoms with Crippen molar-refractivity contribution in [1.82, 2.24) is 24.7 Å². The Bertz CT molecular complexity index is 1700. The third-order valence-electron chi connectivity index (χ3n) is 7.14. The van der Waals surface area contributed by atoms with Crippen LogP contribution in [0.4, 0.5) is 42.4 Å². The van der Waals surface area contributed by atoms with Crippen molar-refractivity contribution >= 4 is 28.6 Å². The Morgan fingerprint density at radius 1 is 1.07 bits per heavy atom. The van der Waals surface area contributed by atoms with Crippen LogP contribution in [0, 0.1) is 18.6 Å². The number of nitrogens with one attached hydrogen (secondary N) is 2. The molecule has 4 heterocycles. The van der Waals surface area contributed by atoms with Crippen LogP contribution in [-0.4, -0.2) is 62.2 Å². The van der Waals surface area contributed by atoms with E-state index in [9.17, 15) is 35.5 Å². The standard InChI is InChI=1S/C26H23F7N8O/c1-12-16(30)7-14-18(40-41(22(14)36-12)8-13-5-3-4-6-15(13)29)21-37-19(35-11-25(34,9-27)10-28)17-20(38-21)39-23(42)24(17,2)26(31,32)33/h3-7H,8-11,34H2,1-2H3,(H2,35,37,38,39,42). The molecule has 1 amide bonds. The summed E-state index contributed by atoms with van der Waals surface area (Å²) < 4.78 is 100.0. The van der Waals surface area contributed by atoms with Crippen LogP contribution in [0.15, 0.2) is 30.3 Å². The second-order valence-corrected chi connectivity index (χ2v) is 10.2. The van der Waals surface area contributed by atoms with Crippen molar-refractivity contribution in [2.24, 2.45) is 5.73 Å². The number of fused-ring (bicyclic) bond motifs is 2. The summed E-state index contributed by atoms with van der Waals surface area (Å²) in [5.74, 6) is -4.29. The molecule has 0 bridgehead atoms. The molecule has 0 saturated carbocycles. The largest absolute Gasteiger partial charge is 0.407 e. The molecule has 1 aliphatic rings. The second kappa shape index (κ2) is 10.2. The van der Waals surface area contributed by atoms with Crippen LogP contribution in [0.1, 0.15) is 23.7 Å². The summed E-state index contributed by atoms with van der Waals surface area (Å²) in [6, 6.07) is 6.87. The minimum absolute atomic E-state index is 0.00843. The fraction of sp³-hybridized carbons (Fsp3) is 0.346. The minimum Gasteiger partial charge on any atom is -0.368 e. The number of halogens is 7. The zero-order valence-electron chi connectivity index (χ0n) is 22.1. The van der Waals surface area contributed by atoms with Crippen molar-refractivity contribution in [3.05, 3.63) is 58.8 Å². The lowest BCUT2D eigenvalue weighted by molar-refractivity contribution is -0.186. The molecular formula is C26H23F7N8O. The van der Waals surface area contributed by atoms with Crippen molar-refractivity contribution in [1.29, 1.82) is 0 Å². The van der Waals surface area contributed by atoms with Crippen LogP contribution in [0.25, 0.3) is 22.6 Å². The first kappa shape index (κ1) is 29.2. The van der Waals surface area contributed by atoms with Gasteiger partial charge in [-0.15, -0.1) is 0 Å². The van der Waals surface area contributed by atoms with E-state index in [-0.39, 0.29) is 40.4 Å². The van der Waals surface area contributed by atoms with Gasteiger partial charge in [-0.3, -0.25) is 4.79 Å². The highest BCUT2D eigenvalue weighted by Crippen LogP contribution is 2.50. The van der Waals surface area contributed by atoms with E-state index in [1.165, 1.54) is 29.8 Å². The fourth-order valence-electron chi connectivity index (χ4n) is 4.49. The number of hydrogen-bond acceptors (Lipinski definition) is 7. The smallest absolute Gasteiger partial charge is 0.368 e. The molecular weight excluding hydrogens is 573 g/mol. The first-order chi connectivity index (χ1) is 19.7. The van der Waals surface area contributed by atoms with Gasteiger partial charge < -0.3 is 16.4 Å². The molecule has 0 fully saturated rings. The van der Waals surface area contributed by atoms with Gasteiger partial charge in [-0.2, -0.15) is 18.3 Å². The number of amides is 1. The second-order valence-electron chi connectivity index (χ2n) is 10.2. The highest BCUT2D eigenvalue weighted by Gasteiger charge is 2.64. The molecule has 9 nitrogen and oxygen atoms in total. The van der Waals surface area contributed by atoms with Crippen LogP contribution < -0.4 is 16.4 Å². The number of anilines is 2. The Hall–Kier alpha value is -4.34. The quantitative estimate of drug-likeness (QED) is 0.259. The molecule has 1 aliphatic heterocycles. The molecule has 42 heavy (non-hydrogen) atoms. The zero-order chi connectivity index (χ0) is 30.6. The average molecular weight is 597 g/mol. The van der Waals surface area contributed by atoms with Crippen LogP contribution in [0.2, 0.25) is 0 Å². The van der Waals surface area contributed by atoms with Crippen molar-refractivity contribution in [2.75, 3.05) is 30.5 Å². The Balaban J connectivity index is 1.73. The Morgan fingerprint density at radius 3 is 2.40 bits per heavy atom. The summed E-state index contributed by atoms with van der Waals surface area (Å²) in [4.78, 5) is 25.1. The molecule has 222 valence electrons. The minimum atomic E-state index is -5.12. The number of alkyl halides is 5. The van der Waals surface area contributed by atoms with E-state index in [1.54, 1.807) is 6.07 Å². The number of nitrogens with two attached hydrogens (primary N) is 1. The van der Waals surface area contributed by atoms with Gasteiger partial charge in [0.15, 0.2) is 16.9 Å². The van der Waals surface area contributed by atoms with E-state index < -0.39 is 71.8 Å². The lowest BCUT2D eigenvalue weighted by Crippen LogP contribution is -2.51. The maximum Gasteiger partial charge on any atom is 0.407 e. The Labute approximate surface area is 233 Å². The number of carbonyl (C=O) groups is 1. The van der Waals surface area contributed by atoms with Crippen LogP contribution in [0.5, 0.6) is 0 Å². The molecule has 0 radical (unpaired) electrons. The van der Waals surface area contributed by atoms with Crippen molar-refractivity contribution in [3.63, 3.8) is 0 Å². The van der Waals surface area contributed by atoms with Gasteiger partial charge in [-0.05, 0) is 26.0 Å². The number of pyridine rings is 1. The number of aromatic nitrogens is 5. The van der Waals surface area contributed by atoms with Crippen molar-refractivity contribution < 1.29 is 35.5 Å². The van der Waals surface area contributed by atoms with Gasteiger partial charge in [0.2, 0.25) is 5.91 Å². The molecule has 1 atom stereocenters. The summed E-state index contributed by atoms with van der Waals surface area (Å²) in [5.41, 5.74) is -0.188. The first-order valence-electron chi connectivity index (χ1n) is 12.4. The van der Waals surface area contributed by atoms with E-state index in [0.29, 0.717) is 6.92 Å². The zero-order valence-corrected chi connectivity index (χ0v) is 22.1. The summed E-state index contributed by atoms with van der Waals surface area (Å²) in [5, 5.41) is 8.95. The number of hydrogen-bond donors (Lipinski definition) is 3. The number of rotatable bonds is 8. The fourth-order valence-corrected chi connectivity index (χ4v) is 4.49. The molecule has 0 spiro atoms. The van der Waals surface area contributed by atoms with E-state index in [4.69, 9.17) is 5.73 Å². The average Bonchev–Trinajstić information content (AvgIpc) is 3.42. The molecule has 16 heteroatoms. The van der Waals surface area contributed by atoms with Gasteiger partial charge in [0, 0.05) is 12.1 Å². The summed E-state index contributed by atoms with van der Waals surface area (Å²) in [6.07, 6.45) is -5.12. The highest BCUT2D eigenvalue weighted by molar-refractivity contribution is 6.07. The number of nitrogens with zero attached hydrogens (tertiary/aromatic N) is 5. The van der Waals surface area contributed by atoms with Crippen LogP contribution in [0.3, 0.4) is 0 Å². The SMILES string of the molecule is Cc1nc2c(cc1F)c(-c1nc(NCC(N)(CF)CF)c3c(n1)NC(=O)C3(C)C(F)(F)F)nn2Cc1ccccc1F. The van der Waals surface area contributed by atoms with Gasteiger partial charge in [-0.25, -0.2) is 37.2 Å². The molecule has 4 N–H and O–H groups in total. The highest BCUT2D eigenvalue weighted by atomic mass is 19.4. The van der Waals surface area contributed by atoms with E-state index >= 15 is 0 Å². The summed E-state index contributed by atoms with van der Waals surface area (Å²) in [7, 11) is 0. The topological polar surface area (TPSA) is 124 Å². The van der Waals surface area contributed by atoms with Crippen molar-refractivity contribution in [3.8, 4) is 11.5 Å². The lowest BCUT2D eigenvalue weighted by atomic mass is 9.83. The molecule has 1 unspecified atom stereocenters. The molecule has 1 aromatic carbocycles. The summed E-state index contributed by atoms with van der Waals surface area (Å²) >= 11 is 0. The normalized spacial score (nSPS) is 17.0. The predicted octanol–water partition coefficient (Wildman–Crippen LogP) is 4.34. The number of benzene rings is 1. The van der Waals surface area contributed by atoms with E-state index in [2.05, 4.69) is 30.7 Å². The maximum absolute atomic E-state index is 14.7. The van der Waals surface area contributed by atoms with Gasteiger partial charge in [0.1, 0.15) is 42.3 Å². The van der Waals surface area contributed by atoms with Crippen LogP contribution >= 0.6 is 0 Å². The molecule has 0 saturated heterocycles. The number of carbonyl (C=O) groups excluding carboxylic acids is 1. The van der Waals surface area contributed by atoms with E-state index in [1.807, 2.05) is 0 Å². The molecule has 5 rings (SSSR count). The summed E-state index contributed by atoms with van der Waals surface area (Å²) in [6.45, 7) is -1.58. The number of aryl methyl sites for hydroxylation is 1. The van der Waals surface area contributed by atoms with Gasteiger partial charge in [0.05, 0.1) is 28.7 Å². The molecule has 0 aliphatic carbocycles. The third kappa shape index (κ3) is 4.68. The van der Waals surface area contributed by atoms with E-state index in [0.717, 1.165) is 6.07 Å². The predicted molar refractivity (Wildman–Crippen MR) is 138 cm³/mol. The van der Waals surface area contributed by atoms with Crippen LogP contribution in [-0.2, 0) is 16.8 Å². The van der Waals surface area contributed by atoms with Gasteiger partial charge >= 0.3 is 6.18 Å². The van der Waals surface area contributed by atoms with Gasteiger partial charge in [-0.1, -0.05) is 18.2 Å². The van der Waals surface area contributed by atoms with Crippen molar-refractivity contribution in [2.45, 2.75) is 37.5 Å². The van der Waals surface area contributed by atoms with Gasteiger partial charge in [0.25, 0.3) is 0 Å². The lowest BCUT2D eigenvalue weighted by Gasteiger charge is -2.28. The monoisotopic (exact) mass is 596 g/mol. The maximum atomic E-state index is 14.7.